The maximum atomic E-state index is 10.9. The summed E-state index contributed by atoms with van der Waals surface area (Å²) < 4.78 is 0. The van der Waals surface area contributed by atoms with Gasteiger partial charge in [-0.05, 0) is 42.3 Å². The number of carbonyl (C=O) groups excluding carboxylic acids is 1. The first kappa shape index (κ1) is 14.4. The molecule has 2 rings (SSSR count). The van der Waals surface area contributed by atoms with Gasteiger partial charge in [-0.3, -0.25) is 4.79 Å². The third kappa shape index (κ3) is 4.00. The van der Waals surface area contributed by atoms with Crippen molar-refractivity contribution in [1.29, 1.82) is 0 Å². The molecule has 1 amide bonds. The fraction of sp³-hybridized carbons (Fsp3) is 0.188. The molecular formula is C16H17ClN2O. The highest BCUT2D eigenvalue weighted by Gasteiger charge is 2.00. The van der Waals surface area contributed by atoms with E-state index in [4.69, 9.17) is 11.6 Å². The summed E-state index contributed by atoms with van der Waals surface area (Å²) in [5, 5.41) is 6.83. The number of halogens is 1. The van der Waals surface area contributed by atoms with Gasteiger partial charge in [0.15, 0.2) is 0 Å². The van der Waals surface area contributed by atoms with Crippen molar-refractivity contribution in [3.63, 3.8) is 0 Å². The summed E-state index contributed by atoms with van der Waals surface area (Å²) in [7, 11) is 0. The van der Waals surface area contributed by atoms with Gasteiger partial charge in [-0.15, -0.1) is 0 Å². The van der Waals surface area contributed by atoms with E-state index in [1.54, 1.807) is 0 Å². The smallest absolute Gasteiger partial charge is 0.221 e. The van der Waals surface area contributed by atoms with E-state index in [0.717, 1.165) is 27.5 Å². The fourth-order valence-electron chi connectivity index (χ4n) is 1.89. The Hall–Kier alpha value is -2.00. The second kappa shape index (κ2) is 6.44. The zero-order valence-corrected chi connectivity index (χ0v) is 12.3. The second-order valence-corrected chi connectivity index (χ2v) is 5.13. The second-order valence-electron chi connectivity index (χ2n) is 4.69. The first-order valence-corrected chi connectivity index (χ1v) is 6.79. The lowest BCUT2D eigenvalue weighted by Gasteiger charge is -2.10. The number of carbonyl (C=O) groups is 1. The van der Waals surface area contributed by atoms with Crippen LogP contribution in [0.25, 0.3) is 0 Å². The molecule has 0 aliphatic carbocycles. The van der Waals surface area contributed by atoms with Crippen LogP contribution in [-0.4, -0.2) is 5.91 Å². The summed E-state index contributed by atoms with van der Waals surface area (Å²) in [6.07, 6.45) is 0. The molecule has 0 saturated heterocycles. The molecule has 20 heavy (non-hydrogen) atoms. The number of aryl methyl sites for hydroxylation is 1. The molecule has 0 saturated carbocycles. The molecule has 0 fully saturated rings. The summed E-state index contributed by atoms with van der Waals surface area (Å²) in [6, 6.07) is 13.5. The lowest BCUT2D eigenvalue weighted by Crippen LogP contribution is -2.06. The number of benzene rings is 2. The molecule has 2 N–H and O–H groups in total. The summed E-state index contributed by atoms with van der Waals surface area (Å²) in [5.74, 6) is -0.0644. The molecular weight excluding hydrogens is 272 g/mol. The SMILES string of the molecule is CC(=O)Nc1ccc(CNc2cc(Cl)ccc2C)cc1. The van der Waals surface area contributed by atoms with Gasteiger partial charge in [0.25, 0.3) is 0 Å². The van der Waals surface area contributed by atoms with Crippen molar-refractivity contribution in [1.82, 2.24) is 0 Å². The van der Waals surface area contributed by atoms with Crippen LogP contribution in [0.2, 0.25) is 5.02 Å². The van der Waals surface area contributed by atoms with Crippen LogP contribution in [0.3, 0.4) is 0 Å². The number of nitrogens with one attached hydrogen (secondary N) is 2. The van der Waals surface area contributed by atoms with Crippen molar-refractivity contribution in [3.8, 4) is 0 Å². The maximum Gasteiger partial charge on any atom is 0.221 e. The molecule has 2 aromatic rings. The Bertz CT molecular complexity index is 608. The molecule has 2 aromatic carbocycles. The lowest BCUT2D eigenvalue weighted by molar-refractivity contribution is -0.114. The largest absolute Gasteiger partial charge is 0.381 e. The van der Waals surface area contributed by atoms with Gasteiger partial charge in [0.05, 0.1) is 0 Å². The van der Waals surface area contributed by atoms with Gasteiger partial charge >= 0.3 is 0 Å². The Balaban J connectivity index is 2.00. The van der Waals surface area contributed by atoms with E-state index in [1.807, 2.05) is 49.4 Å². The molecule has 0 aliphatic heterocycles. The summed E-state index contributed by atoms with van der Waals surface area (Å²) >= 11 is 5.99. The zero-order valence-electron chi connectivity index (χ0n) is 11.5. The molecule has 0 aliphatic rings. The van der Waals surface area contributed by atoms with Gasteiger partial charge in [-0.2, -0.15) is 0 Å². The van der Waals surface area contributed by atoms with Gasteiger partial charge in [0.1, 0.15) is 0 Å². The molecule has 0 atom stereocenters. The van der Waals surface area contributed by atoms with Crippen LogP contribution in [0.4, 0.5) is 11.4 Å². The van der Waals surface area contributed by atoms with E-state index in [-0.39, 0.29) is 5.91 Å². The van der Waals surface area contributed by atoms with Crippen LogP contribution in [0.5, 0.6) is 0 Å². The van der Waals surface area contributed by atoms with E-state index < -0.39 is 0 Å². The third-order valence-electron chi connectivity index (χ3n) is 2.96. The molecule has 4 heteroatoms. The average molecular weight is 289 g/mol. The zero-order chi connectivity index (χ0) is 14.5. The molecule has 0 aromatic heterocycles. The highest BCUT2D eigenvalue weighted by Crippen LogP contribution is 2.21. The van der Waals surface area contributed by atoms with E-state index >= 15 is 0 Å². The van der Waals surface area contributed by atoms with Gasteiger partial charge in [-0.25, -0.2) is 0 Å². The van der Waals surface area contributed by atoms with Gasteiger partial charge in [-0.1, -0.05) is 29.8 Å². The summed E-state index contributed by atoms with van der Waals surface area (Å²) in [4.78, 5) is 10.9. The van der Waals surface area contributed by atoms with Crippen LogP contribution in [0.1, 0.15) is 18.1 Å². The van der Waals surface area contributed by atoms with Crippen molar-refractivity contribution in [2.24, 2.45) is 0 Å². The molecule has 0 bridgehead atoms. The van der Waals surface area contributed by atoms with E-state index in [0.29, 0.717) is 6.54 Å². The molecule has 3 nitrogen and oxygen atoms in total. The van der Waals surface area contributed by atoms with Gasteiger partial charge < -0.3 is 10.6 Å². The quantitative estimate of drug-likeness (QED) is 0.884. The monoisotopic (exact) mass is 288 g/mol. The summed E-state index contributed by atoms with van der Waals surface area (Å²) in [5.41, 5.74) is 4.13. The Morgan fingerprint density at radius 3 is 2.50 bits per heavy atom. The maximum absolute atomic E-state index is 10.9. The molecule has 104 valence electrons. The third-order valence-corrected chi connectivity index (χ3v) is 3.19. The number of hydrogen-bond donors (Lipinski definition) is 2. The normalized spacial score (nSPS) is 10.2. The van der Waals surface area contributed by atoms with E-state index in [1.165, 1.54) is 6.92 Å². The van der Waals surface area contributed by atoms with Crippen LogP contribution in [0, 0.1) is 6.92 Å². The van der Waals surface area contributed by atoms with E-state index in [2.05, 4.69) is 10.6 Å². The standard InChI is InChI=1S/C16H17ClN2O/c1-11-3-6-14(17)9-16(11)18-10-13-4-7-15(8-5-13)19-12(2)20/h3-9,18H,10H2,1-2H3,(H,19,20). The van der Waals surface area contributed by atoms with Crippen molar-refractivity contribution in [3.05, 3.63) is 58.6 Å². The highest BCUT2D eigenvalue weighted by atomic mass is 35.5. The van der Waals surface area contributed by atoms with Crippen LogP contribution in [0.15, 0.2) is 42.5 Å². The minimum Gasteiger partial charge on any atom is -0.381 e. The predicted molar refractivity (Wildman–Crippen MR) is 84.3 cm³/mol. The van der Waals surface area contributed by atoms with Crippen molar-refractivity contribution in [2.75, 3.05) is 10.6 Å². The number of amides is 1. The Labute approximate surface area is 124 Å². The Kier molecular flexibility index (Phi) is 4.64. The van der Waals surface area contributed by atoms with Gasteiger partial charge in [0.2, 0.25) is 5.91 Å². The molecule has 0 radical (unpaired) electrons. The average Bonchev–Trinajstić information content (AvgIpc) is 2.41. The molecule has 0 spiro atoms. The van der Waals surface area contributed by atoms with Crippen LogP contribution in [-0.2, 0) is 11.3 Å². The van der Waals surface area contributed by atoms with E-state index in [9.17, 15) is 4.79 Å². The summed E-state index contributed by atoms with van der Waals surface area (Å²) in [6.45, 7) is 4.25. The van der Waals surface area contributed by atoms with Gasteiger partial charge in [0, 0.05) is 29.9 Å². The Morgan fingerprint density at radius 1 is 1.15 bits per heavy atom. The lowest BCUT2D eigenvalue weighted by atomic mass is 10.1. The Morgan fingerprint density at radius 2 is 1.85 bits per heavy atom. The first-order chi connectivity index (χ1) is 9.54. The van der Waals surface area contributed by atoms with Crippen LogP contribution >= 0.6 is 11.6 Å². The number of hydrogen-bond acceptors (Lipinski definition) is 2. The fourth-order valence-corrected chi connectivity index (χ4v) is 2.06. The predicted octanol–water partition coefficient (Wildman–Crippen LogP) is 4.22. The number of anilines is 2. The minimum atomic E-state index is -0.0644. The minimum absolute atomic E-state index is 0.0644. The first-order valence-electron chi connectivity index (χ1n) is 6.41. The molecule has 0 unspecified atom stereocenters. The van der Waals surface area contributed by atoms with Crippen molar-refractivity contribution in [2.45, 2.75) is 20.4 Å². The topological polar surface area (TPSA) is 41.1 Å². The van der Waals surface area contributed by atoms with Crippen molar-refractivity contribution < 1.29 is 4.79 Å². The highest BCUT2D eigenvalue weighted by molar-refractivity contribution is 6.30. The number of rotatable bonds is 4. The molecule has 0 heterocycles. The van der Waals surface area contributed by atoms with Crippen LogP contribution < -0.4 is 10.6 Å². The van der Waals surface area contributed by atoms with Crippen molar-refractivity contribution >= 4 is 28.9 Å².